The maximum atomic E-state index is 5.75. The van der Waals surface area contributed by atoms with E-state index in [1.807, 2.05) is 67.4 Å². The summed E-state index contributed by atoms with van der Waals surface area (Å²) in [5.74, 6) is 3.16. The third kappa shape index (κ3) is 6.40. The average Bonchev–Trinajstić information content (AvgIpc) is 2.70. The van der Waals surface area contributed by atoms with Gasteiger partial charge < -0.3 is 24.4 Å². The van der Waals surface area contributed by atoms with E-state index in [1.165, 1.54) is 0 Å². The maximum absolute atomic E-state index is 5.75. The Morgan fingerprint density at radius 1 is 1.07 bits per heavy atom. The molecule has 0 aliphatic carbocycles. The van der Waals surface area contributed by atoms with Gasteiger partial charge in [0.2, 0.25) is 0 Å². The van der Waals surface area contributed by atoms with Crippen LogP contribution >= 0.6 is 0 Å². The molecule has 2 aromatic rings. The van der Waals surface area contributed by atoms with Gasteiger partial charge >= 0.3 is 0 Å². The largest absolute Gasteiger partial charge is 0.493 e. The average molecular weight is 371 g/mol. The number of likely N-dealkylation sites (N-methyl/N-ethyl adjacent to an activating group) is 1. The topological polar surface area (TPSA) is 55.3 Å². The van der Waals surface area contributed by atoms with Crippen molar-refractivity contribution in [3.05, 3.63) is 54.1 Å². The van der Waals surface area contributed by atoms with Crippen molar-refractivity contribution in [3.63, 3.8) is 0 Å². The maximum Gasteiger partial charge on any atom is 0.193 e. The zero-order valence-corrected chi connectivity index (χ0v) is 16.6. The summed E-state index contributed by atoms with van der Waals surface area (Å²) < 4.78 is 16.7. The second kappa shape index (κ2) is 11.0. The number of nitrogens with zero attached hydrogens (tertiary/aromatic N) is 2. The molecule has 0 saturated heterocycles. The molecular weight excluding hydrogens is 342 g/mol. The zero-order chi connectivity index (χ0) is 19.5. The number of rotatable bonds is 9. The Morgan fingerprint density at radius 3 is 2.52 bits per heavy atom. The van der Waals surface area contributed by atoms with E-state index >= 15 is 0 Å². The summed E-state index contributed by atoms with van der Waals surface area (Å²) in [7, 11) is 5.41. The number of guanidine groups is 1. The van der Waals surface area contributed by atoms with E-state index in [1.54, 1.807) is 14.2 Å². The van der Waals surface area contributed by atoms with E-state index in [4.69, 9.17) is 14.2 Å². The molecule has 0 aliphatic rings. The van der Waals surface area contributed by atoms with Crippen LogP contribution in [0.4, 0.5) is 0 Å². The van der Waals surface area contributed by atoms with Gasteiger partial charge in [0.1, 0.15) is 12.4 Å². The minimum atomic E-state index is 0.582. The summed E-state index contributed by atoms with van der Waals surface area (Å²) in [5.41, 5.74) is 1.09. The van der Waals surface area contributed by atoms with Crippen LogP contribution in [0.5, 0.6) is 17.2 Å². The fourth-order valence-electron chi connectivity index (χ4n) is 2.59. The number of benzene rings is 2. The van der Waals surface area contributed by atoms with E-state index in [0.29, 0.717) is 19.8 Å². The van der Waals surface area contributed by atoms with Crippen molar-refractivity contribution >= 4 is 5.96 Å². The van der Waals surface area contributed by atoms with Crippen LogP contribution in [0.25, 0.3) is 0 Å². The highest BCUT2D eigenvalue weighted by Gasteiger charge is 2.08. The number of aliphatic imine (C=N–C) groups is 1. The first-order valence-electron chi connectivity index (χ1n) is 9.07. The number of para-hydroxylation sites is 1. The van der Waals surface area contributed by atoms with Gasteiger partial charge in [-0.1, -0.05) is 24.3 Å². The highest BCUT2D eigenvalue weighted by atomic mass is 16.5. The quantitative estimate of drug-likeness (QED) is 0.542. The standard InChI is InChI=1S/C21H29N3O3/c1-5-26-20-15-17(11-12-19(20)25-4)16-23-21(22-2)24(3)13-14-27-18-9-7-6-8-10-18/h6-12,15H,5,13-14,16H2,1-4H3,(H,22,23). The lowest BCUT2D eigenvalue weighted by atomic mass is 10.2. The van der Waals surface area contributed by atoms with Gasteiger partial charge in [0, 0.05) is 20.6 Å². The first kappa shape index (κ1) is 20.4. The van der Waals surface area contributed by atoms with E-state index in [9.17, 15) is 0 Å². The fraction of sp³-hybridized carbons (Fsp3) is 0.381. The Balaban J connectivity index is 1.86. The molecule has 0 spiro atoms. The van der Waals surface area contributed by atoms with Gasteiger partial charge in [-0.15, -0.1) is 0 Å². The van der Waals surface area contributed by atoms with Gasteiger partial charge in [0.05, 0.1) is 20.3 Å². The van der Waals surface area contributed by atoms with E-state index in [0.717, 1.165) is 35.3 Å². The molecule has 0 unspecified atom stereocenters. The first-order chi connectivity index (χ1) is 13.2. The van der Waals surface area contributed by atoms with Gasteiger partial charge in [-0.25, -0.2) is 0 Å². The number of methoxy groups -OCH3 is 1. The highest BCUT2D eigenvalue weighted by molar-refractivity contribution is 5.79. The molecule has 0 bridgehead atoms. The van der Waals surface area contributed by atoms with Crippen molar-refractivity contribution in [2.24, 2.45) is 4.99 Å². The predicted molar refractivity (Wildman–Crippen MR) is 109 cm³/mol. The lowest BCUT2D eigenvalue weighted by Gasteiger charge is -2.22. The Bertz CT molecular complexity index is 720. The van der Waals surface area contributed by atoms with Crippen molar-refractivity contribution in [1.82, 2.24) is 10.2 Å². The van der Waals surface area contributed by atoms with E-state index in [2.05, 4.69) is 10.3 Å². The molecule has 27 heavy (non-hydrogen) atoms. The first-order valence-corrected chi connectivity index (χ1v) is 9.07. The van der Waals surface area contributed by atoms with E-state index < -0.39 is 0 Å². The van der Waals surface area contributed by atoms with E-state index in [-0.39, 0.29) is 0 Å². The fourth-order valence-corrected chi connectivity index (χ4v) is 2.59. The smallest absolute Gasteiger partial charge is 0.193 e. The van der Waals surface area contributed by atoms with Crippen molar-refractivity contribution in [1.29, 1.82) is 0 Å². The Morgan fingerprint density at radius 2 is 1.85 bits per heavy atom. The monoisotopic (exact) mass is 371 g/mol. The molecule has 0 amide bonds. The summed E-state index contributed by atoms with van der Waals surface area (Å²) in [6.07, 6.45) is 0. The Hall–Kier alpha value is -2.89. The lowest BCUT2D eigenvalue weighted by Crippen LogP contribution is -2.40. The van der Waals surface area contributed by atoms with Crippen molar-refractivity contribution in [3.8, 4) is 17.2 Å². The van der Waals surface area contributed by atoms with Crippen molar-refractivity contribution < 1.29 is 14.2 Å². The number of ether oxygens (including phenoxy) is 3. The molecule has 0 aliphatic heterocycles. The van der Waals surface area contributed by atoms with Crippen LogP contribution in [0.3, 0.4) is 0 Å². The molecule has 146 valence electrons. The Kier molecular flexibility index (Phi) is 8.29. The molecule has 2 aromatic carbocycles. The molecule has 1 N–H and O–H groups in total. The zero-order valence-electron chi connectivity index (χ0n) is 16.6. The molecular formula is C21H29N3O3. The molecule has 0 saturated carbocycles. The van der Waals surface area contributed by atoms with Crippen LogP contribution in [-0.4, -0.2) is 51.8 Å². The minimum absolute atomic E-state index is 0.582. The number of hydrogen-bond donors (Lipinski definition) is 1. The van der Waals surface area contributed by atoms with Gasteiger partial charge in [-0.2, -0.15) is 0 Å². The summed E-state index contributed by atoms with van der Waals surface area (Å²) in [4.78, 5) is 6.38. The predicted octanol–water partition coefficient (Wildman–Crippen LogP) is 3.18. The highest BCUT2D eigenvalue weighted by Crippen LogP contribution is 2.27. The third-order valence-electron chi connectivity index (χ3n) is 3.99. The molecule has 2 rings (SSSR count). The molecule has 0 atom stereocenters. The number of hydrogen-bond acceptors (Lipinski definition) is 4. The third-order valence-corrected chi connectivity index (χ3v) is 3.99. The molecule has 0 aromatic heterocycles. The summed E-state index contributed by atoms with van der Waals surface area (Å²) in [5, 5.41) is 3.36. The van der Waals surface area contributed by atoms with Gasteiger partial charge in [-0.3, -0.25) is 4.99 Å². The van der Waals surface area contributed by atoms with Crippen LogP contribution in [0.15, 0.2) is 53.5 Å². The molecule has 0 heterocycles. The van der Waals surface area contributed by atoms with Crippen LogP contribution in [0.1, 0.15) is 12.5 Å². The van der Waals surface area contributed by atoms with Crippen LogP contribution < -0.4 is 19.5 Å². The normalized spacial score (nSPS) is 11.0. The minimum Gasteiger partial charge on any atom is -0.493 e. The molecule has 0 fully saturated rings. The van der Waals surface area contributed by atoms with Crippen molar-refractivity contribution in [2.75, 3.05) is 41.0 Å². The molecule has 6 heteroatoms. The van der Waals surface area contributed by atoms with Crippen LogP contribution in [-0.2, 0) is 6.54 Å². The summed E-state index contributed by atoms with van der Waals surface area (Å²) in [6, 6.07) is 15.7. The van der Waals surface area contributed by atoms with Crippen molar-refractivity contribution in [2.45, 2.75) is 13.5 Å². The molecule has 0 radical (unpaired) electrons. The summed E-state index contributed by atoms with van der Waals surface area (Å²) in [6.45, 7) is 4.50. The van der Waals surface area contributed by atoms with Gasteiger partial charge in [0.25, 0.3) is 0 Å². The summed E-state index contributed by atoms with van der Waals surface area (Å²) >= 11 is 0. The van der Waals surface area contributed by atoms with Crippen LogP contribution in [0.2, 0.25) is 0 Å². The Labute approximate surface area is 161 Å². The SMILES string of the molecule is CCOc1cc(CNC(=NC)N(C)CCOc2ccccc2)ccc1OC. The lowest BCUT2D eigenvalue weighted by molar-refractivity contribution is 0.281. The number of nitrogens with one attached hydrogen (secondary N) is 1. The molecule has 6 nitrogen and oxygen atoms in total. The second-order valence-electron chi connectivity index (χ2n) is 5.90. The van der Waals surface area contributed by atoms with Crippen LogP contribution in [0, 0.1) is 0 Å². The van der Waals surface area contributed by atoms with Gasteiger partial charge in [-0.05, 0) is 36.8 Å². The van der Waals surface area contributed by atoms with Gasteiger partial charge in [0.15, 0.2) is 17.5 Å². The second-order valence-corrected chi connectivity index (χ2v) is 5.90.